The van der Waals surface area contributed by atoms with Gasteiger partial charge in [0.25, 0.3) is 5.91 Å². The van der Waals surface area contributed by atoms with Crippen molar-refractivity contribution in [2.75, 3.05) is 37.6 Å². The van der Waals surface area contributed by atoms with E-state index in [0.29, 0.717) is 38.8 Å². The summed E-state index contributed by atoms with van der Waals surface area (Å²) in [6.45, 7) is 8.34. The number of carbonyl (C=O) groups is 1. The van der Waals surface area contributed by atoms with E-state index in [2.05, 4.69) is 50.1 Å². The van der Waals surface area contributed by atoms with Crippen LogP contribution in [0.4, 0.5) is 5.82 Å². The number of amides is 1. The number of hydrogen-bond donors (Lipinski definition) is 1. The Morgan fingerprint density at radius 1 is 0.976 bits per heavy atom. The number of nitrogens with one attached hydrogen (secondary N) is 1. The number of pyridine rings is 1. The zero-order valence-corrected chi connectivity index (χ0v) is 25.3. The van der Waals surface area contributed by atoms with Crippen LogP contribution in [0.15, 0.2) is 54.7 Å². The molecule has 5 rings (SSSR count). The van der Waals surface area contributed by atoms with E-state index in [1.807, 2.05) is 18.2 Å². The molecule has 7 nitrogen and oxygen atoms in total. The van der Waals surface area contributed by atoms with Gasteiger partial charge in [0.05, 0.1) is 32.3 Å². The highest BCUT2D eigenvalue weighted by Gasteiger charge is 2.32. The van der Waals surface area contributed by atoms with Crippen LogP contribution in [-0.4, -0.2) is 65.5 Å². The molecule has 10 heteroatoms. The maximum atomic E-state index is 12.7. The molecule has 3 heterocycles. The number of nitrogens with zero attached hydrogens (tertiary/aromatic N) is 5. The standard InChI is InChI=1S/C31H33Cl3N6O/c1-21-19-39(26-8-10-38(11-9-26)20-23-4-2-22(16-35)3-5-23)12-13-40(21)30-29(34)15-25(18-36-30)31(41)37-17-24-6-7-27(32)28(33)14-24/h2-7,14-15,18,21,26H,8-13,17,19-20H2,1H3,(H,37,41)/t21-/m1/s1. The number of likely N-dealkylation sites (tertiary alicyclic amines) is 1. The Kier molecular flexibility index (Phi) is 9.69. The molecule has 0 aliphatic carbocycles. The normalized spacial score (nSPS) is 18.7. The highest BCUT2D eigenvalue weighted by Crippen LogP contribution is 2.29. The molecule has 0 unspecified atom stereocenters. The summed E-state index contributed by atoms with van der Waals surface area (Å²) < 4.78 is 0. The second-order valence-corrected chi connectivity index (χ2v) is 12.0. The first-order chi connectivity index (χ1) is 19.8. The zero-order valence-electron chi connectivity index (χ0n) is 23.0. The second-order valence-electron chi connectivity index (χ2n) is 10.8. The number of piperazine rings is 1. The summed E-state index contributed by atoms with van der Waals surface area (Å²) in [6.07, 6.45) is 3.89. The predicted octanol–water partition coefficient (Wildman–Crippen LogP) is 6.02. The van der Waals surface area contributed by atoms with E-state index in [0.717, 1.165) is 63.5 Å². The maximum Gasteiger partial charge on any atom is 0.253 e. The van der Waals surface area contributed by atoms with Gasteiger partial charge >= 0.3 is 0 Å². The second kappa shape index (κ2) is 13.4. The van der Waals surface area contributed by atoms with E-state index in [1.54, 1.807) is 24.4 Å². The average Bonchev–Trinajstić information content (AvgIpc) is 2.98. The van der Waals surface area contributed by atoms with Gasteiger partial charge in [0.2, 0.25) is 0 Å². The molecule has 2 aliphatic heterocycles. The van der Waals surface area contributed by atoms with Gasteiger partial charge in [-0.2, -0.15) is 5.26 Å². The van der Waals surface area contributed by atoms with Gasteiger partial charge in [-0.05, 0) is 74.3 Å². The summed E-state index contributed by atoms with van der Waals surface area (Å²) >= 11 is 18.7. The maximum absolute atomic E-state index is 12.7. The first-order valence-corrected chi connectivity index (χ1v) is 15.0. The Hall–Kier alpha value is -2.86. The molecular formula is C31H33Cl3N6O. The van der Waals surface area contributed by atoms with Gasteiger partial charge < -0.3 is 10.2 Å². The molecule has 1 amide bonds. The number of halogens is 3. The number of aromatic nitrogens is 1. The third-order valence-corrected chi connectivity index (χ3v) is 9.03. The lowest BCUT2D eigenvalue weighted by Crippen LogP contribution is -2.57. The summed E-state index contributed by atoms with van der Waals surface area (Å²) in [5.74, 6) is 0.470. The lowest BCUT2D eigenvalue weighted by molar-refractivity contribution is 0.0904. The van der Waals surface area contributed by atoms with Crippen LogP contribution in [0, 0.1) is 11.3 Å². The van der Waals surface area contributed by atoms with Crippen molar-refractivity contribution in [2.45, 2.75) is 44.9 Å². The fourth-order valence-corrected chi connectivity index (χ4v) is 6.31. The minimum atomic E-state index is -0.250. The molecule has 0 radical (unpaired) electrons. The quantitative estimate of drug-likeness (QED) is 0.352. The van der Waals surface area contributed by atoms with Crippen LogP contribution in [0.3, 0.4) is 0 Å². The van der Waals surface area contributed by atoms with Crippen LogP contribution in [0.25, 0.3) is 0 Å². The number of rotatable bonds is 7. The monoisotopic (exact) mass is 610 g/mol. The molecular weight excluding hydrogens is 579 g/mol. The summed E-state index contributed by atoms with van der Waals surface area (Å²) in [7, 11) is 0. The molecule has 1 N–H and O–H groups in total. The van der Waals surface area contributed by atoms with Crippen molar-refractivity contribution in [1.29, 1.82) is 5.26 Å². The van der Waals surface area contributed by atoms with E-state index < -0.39 is 0 Å². The van der Waals surface area contributed by atoms with Gasteiger partial charge in [0.15, 0.2) is 0 Å². The zero-order chi connectivity index (χ0) is 28.9. The van der Waals surface area contributed by atoms with Crippen molar-refractivity contribution in [1.82, 2.24) is 20.1 Å². The van der Waals surface area contributed by atoms with Crippen LogP contribution in [0.2, 0.25) is 15.1 Å². The van der Waals surface area contributed by atoms with Crippen molar-refractivity contribution in [2.24, 2.45) is 0 Å². The molecule has 2 aliphatic rings. The largest absolute Gasteiger partial charge is 0.350 e. The first-order valence-electron chi connectivity index (χ1n) is 13.9. The van der Waals surface area contributed by atoms with Gasteiger partial charge in [-0.15, -0.1) is 0 Å². The minimum Gasteiger partial charge on any atom is -0.350 e. The van der Waals surface area contributed by atoms with E-state index >= 15 is 0 Å². The molecule has 214 valence electrons. The minimum absolute atomic E-state index is 0.250. The van der Waals surface area contributed by atoms with E-state index in [9.17, 15) is 4.79 Å². The number of nitriles is 1. The fourth-order valence-electron chi connectivity index (χ4n) is 5.72. The van der Waals surface area contributed by atoms with Crippen LogP contribution in [-0.2, 0) is 13.1 Å². The molecule has 1 atom stereocenters. The molecule has 0 saturated carbocycles. The molecule has 0 spiro atoms. The Morgan fingerprint density at radius 2 is 1.71 bits per heavy atom. The molecule has 2 aromatic carbocycles. The third-order valence-electron chi connectivity index (χ3n) is 8.01. The Bertz CT molecular complexity index is 1420. The van der Waals surface area contributed by atoms with Crippen LogP contribution in [0.1, 0.15) is 46.8 Å². The van der Waals surface area contributed by atoms with Crippen molar-refractivity contribution in [3.05, 3.63) is 92.0 Å². The van der Waals surface area contributed by atoms with Crippen LogP contribution >= 0.6 is 34.8 Å². The molecule has 3 aromatic rings. The summed E-state index contributed by atoms with van der Waals surface area (Å²) in [4.78, 5) is 24.7. The molecule has 2 saturated heterocycles. The average molecular weight is 612 g/mol. The lowest BCUT2D eigenvalue weighted by atomic mass is 10.00. The molecule has 2 fully saturated rings. The SMILES string of the molecule is C[C@@H]1CN(C2CCN(Cc3ccc(C#N)cc3)CC2)CCN1c1ncc(C(=O)NCc2ccc(Cl)c(Cl)c2)cc1Cl. The van der Waals surface area contributed by atoms with Crippen molar-refractivity contribution < 1.29 is 4.79 Å². The molecule has 41 heavy (non-hydrogen) atoms. The summed E-state index contributed by atoms with van der Waals surface area (Å²) in [5.41, 5.74) is 3.23. The molecule has 0 bridgehead atoms. The highest BCUT2D eigenvalue weighted by atomic mass is 35.5. The number of anilines is 1. The van der Waals surface area contributed by atoms with Gasteiger partial charge in [0, 0.05) is 51.0 Å². The van der Waals surface area contributed by atoms with Gasteiger partial charge in [-0.25, -0.2) is 4.98 Å². The van der Waals surface area contributed by atoms with E-state index in [4.69, 9.17) is 40.1 Å². The third kappa shape index (κ3) is 7.32. The number of benzene rings is 2. The van der Waals surface area contributed by atoms with Crippen LogP contribution < -0.4 is 10.2 Å². The van der Waals surface area contributed by atoms with Gasteiger partial charge in [-0.1, -0.05) is 53.0 Å². The predicted molar refractivity (Wildman–Crippen MR) is 165 cm³/mol. The van der Waals surface area contributed by atoms with E-state index in [-0.39, 0.29) is 11.9 Å². The Morgan fingerprint density at radius 3 is 2.37 bits per heavy atom. The highest BCUT2D eigenvalue weighted by molar-refractivity contribution is 6.42. The number of piperidine rings is 1. The first kappa shape index (κ1) is 29.6. The number of carbonyl (C=O) groups excluding carboxylic acids is 1. The Labute approximate surface area is 256 Å². The lowest BCUT2D eigenvalue weighted by Gasteiger charge is -2.46. The number of hydrogen-bond acceptors (Lipinski definition) is 6. The van der Waals surface area contributed by atoms with Gasteiger partial charge in [-0.3, -0.25) is 14.6 Å². The Balaban J connectivity index is 1.11. The van der Waals surface area contributed by atoms with Crippen molar-refractivity contribution >= 4 is 46.5 Å². The summed E-state index contributed by atoms with van der Waals surface area (Å²) in [5, 5.41) is 13.3. The van der Waals surface area contributed by atoms with Crippen LogP contribution in [0.5, 0.6) is 0 Å². The van der Waals surface area contributed by atoms with Crippen molar-refractivity contribution in [3.63, 3.8) is 0 Å². The van der Waals surface area contributed by atoms with Crippen molar-refractivity contribution in [3.8, 4) is 6.07 Å². The smallest absolute Gasteiger partial charge is 0.253 e. The van der Waals surface area contributed by atoms with E-state index in [1.165, 1.54) is 5.56 Å². The van der Waals surface area contributed by atoms with Gasteiger partial charge in [0.1, 0.15) is 5.82 Å². The fraction of sp³-hybridized carbons (Fsp3) is 0.387. The summed E-state index contributed by atoms with van der Waals surface area (Å²) in [6, 6.07) is 17.9. The topological polar surface area (TPSA) is 75.5 Å². The molecule has 1 aromatic heterocycles.